The van der Waals surface area contributed by atoms with Crippen LogP contribution in [0.4, 0.5) is 5.69 Å². The Morgan fingerprint density at radius 1 is 1.19 bits per heavy atom. The topological polar surface area (TPSA) is 81.1 Å². The molecule has 6 nitrogen and oxygen atoms in total. The van der Waals surface area contributed by atoms with E-state index in [0.717, 1.165) is 16.3 Å². The second kappa shape index (κ2) is 7.75. The number of imidazole rings is 1. The van der Waals surface area contributed by atoms with Crippen LogP contribution in [0.15, 0.2) is 69.8 Å². The van der Waals surface area contributed by atoms with Gasteiger partial charge in [0, 0.05) is 36.3 Å². The third kappa shape index (κ3) is 4.71. The molecule has 9 heteroatoms. The van der Waals surface area contributed by atoms with Gasteiger partial charge in [0.15, 0.2) is 15.0 Å². The number of aromatic nitrogens is 2. The molecule has 1 amide bonds. The molecule has 2 aromatic carbocycles. The second-order valence-electron chi connectivity index (χ2n) is 5.82. The molecule has 1 aromatic heterocycles. The van der Waals surface area contributed by atoms with Crippen LogP contribution in [-0.2, 0) is 16.9 Å². The molecular formula is C18H16ClN3O3S2. The van der Waals surface area contributed by atoms with Gasteiger partial charge >= 0.3 is 0 Å². The molecule has 0 aliphatic heterocycles. The molecule has 140 valence electrons. The molecule has 3 rings (SSSR count). The Kier molecular flexibility index (Phi) is 5.59. The van der Waals surface area contributed by atoms with Crippen LogP contribution in [0.25, 0.3) is 0 Å². The molecule has 0 aliphatic carbocycles. The van der Waals surface area contributed by atoms with Crippen molar-refractivity contribution in [2.24, 2.45) is 7.05 Å². The van der Waals surface area contributed by atoms with Gasteiger partial charge in [0.05, 0.1) is 15.5 Å². The minimum atomic E-state index is -3.43. The number of sulfone groups is 1. The van der Waals surface area contributed by atoms with Gasteiger partial charge in [-0.2, -0.15) is 0 Å². The van der Waals surface area contributed by atoms with Crippen molar-refractivity contribution in [3.8, 4) is 0 Å². The van der Waals surface area contributed by atoms with Crippen molar-refractivity contribution < 1.29 is 13.2 Å². The third-order valence-corrected chi connectivity index (χ3v) is 6.23. The number of amides is 1. The molecule has 0 radical (unpaired) electrons. The second-order valence-corrected chi connectivity index (χ2v) is 9.28. The first-order valence-corrected chi connectivity index (χ1v) is 10.9. The minimum Gasteiger partial charge on any atom is -0.329 e. The highest BCUT2D eigenvalue weighted by Gasteiger charge is 2.16. The van der Waals surface area contributed by atoms with E-state index in [9.17, 15) is 13.2 Å². The average Bonchev–Trinajstić information content (AvgIpc) is 3.00. The number of hydrogen-bond acceptors (Lipinski definition) is 5. The quantitative estimate of drug-likeness (QED) is 0.676. The van der Waals surface area contributed by atoms with Crippen LogP contribution in [-0.4, -0.2) is 30.1 Å². The summed E-state index contributed by atoms with van der Waals surface area (Å²) in [6, 6.07) is 11.3. The zero-order valence-corrected chi connectivity index (χ0v) is 16.9. The Hall–Kier alpha value is -2.29. The SMILES string of the molecule is Cn1ccnc1Sc1ccc(NC(=O)c2cc(S(C)(=O)=O)ccc2Cl)cc1. The van der Waals surface area contributed by atoms with Gasteiger partial charge < -0.3 is 9.88 Å². The Labute approximate surface area is 166 Å². The number of nitrogens with zero attached hydrogens (tertiary/aromatic N) is 2. The first-order chi connectivity index (χ1) is 12.7. The number of rotatable bonds is 5. The van der Waals surface area contributed by atoms with Crippen LogP contribution >= 0.6 is 23.4 Å². The van der Waals surface area contributed by atoms with Crippen molar-refractivity contribution in [2.45, 2.75) is 14.9 Å². The fourth-order valence-corrected chi connectivity index (χ4v) is 3.92. The number of benzene rings is 2. The van der Waals surface area contributed by atoms with Crippen molar-refractivity contribution in [3.05, 3.63) is 65.4 Å². The van der Waals surface area contributed by atoms with E-state index in [4.69, 9.17) is 11.6 Å². The lowest BCUT2D eigenvalue weighted by molar-refractivity contribution is 0.102. The normalized spacial score (nSPS) is 11.4. The molecule has 27 heavy (non-hydrogen) atoms. The minimum absolute atomic E-state index is 0.0406. The maximum Gasteiger partial charge on any atom is 0.257 e. The summed E-state index contributed by atoms with van der Waals surface area (Å²) in [5, 5.41) is 3.77. The molecule has 0 atom stereocenters. The first kappa shape index (κ1) is 19.5. The number of anilines is 1. The molecule has 1 heterocycles. The number of nitrogens with one attached hydrogen (secondary N) is 1. The molecule has 0 unspecified atom stereocenters. The molecular weight excluding hydrogens is 406 g/mol. The van der Waals surface area contributed by atoms with Crippen molar-refractivity contribution in [1.82, 2.24) is 9.55 Å². The lowest BCUT2D eigenvalue weighted by Gasteiger charge is -2.09. The summed E-state index contributed by atoms with van der Waals surface area (Å²) in [4.78, 5) is 17.8. The number of aryl methyl sites for hydroxylation is 1. The molecule has 1 N–H and O–H groups in total. The van der Waals surface area contributed by atoms with Crippen LogP contribution in [0.5, 0.6) is 0 Å². The zero-order valence-electron chi connectivity index (χ0n) is 14.5. The predicted octanol–water partition coefficient (Wildman–Crippen LogP) is 3.88. The summed E-state index contributed by atoms with van der Waals surface area (Å²) in [5.41, 5.74) is 0.677. The fraction of sp³-hybridized carbons (Fsp3) is 0.111. The molecule has 0 aliphatic rings. The average molecular weight is 422 g/mol. The Morgan fingerprint density at radius 2 is 1.89 bits per heavy atom. The molecule has 0 fully saturated rings. The number of carbonyl (C=O) groups is 1. The van der Waals surface area contributed by atoms with Gasteiger partial charge in [-0.05, 0) is 42.5 Å². The van der Waals surface area contributed by atoms with E-state index in [1.165, 1.54) is 30.0 Å². The van der Waals surface area contributed by atoms with Gasteiger partial charge in [-0.25, -0.2) is 13.4 Å². The Morgan fingerprint density at radius 3 is 2.48 bits per heavy atom. The van der Waals surface area contributed by atoms with Gasteiger partial charge in [-0.15, -0.1) is 0 Å². The van der Waals surface area contributed by atoms with E-state index < -0.39 is 15.7 Å². The van der Waals surface area contributed by atoms with E-state index >= 15 is 0 Å². The third-order valence-electron chi connectivity index (χ3n) is 3.71. The van der Waals surface area contributed by atoms with Crippen LogP contribution in [0.1, 0.15) is 10.4 Å². The van der Waals surface area contributed by atoms with Gasteiger partial charge in [0.25, 0.3) is 5.91 Å². The van der Waals surface area contributed by atoms with E-state index in [1.54, 1.807) is 18.3 Å². The molecule has 0 bridgehead atoms. The number of carbonyl (C=O) groups excluding carboxylic acids is 1. The van der Waals surface area contributed by atoms with Crippen LogP contribution in [0.3, 0.4) is 0 Å². The number of halogens is 1. The predicted molar refractivity (Wildman–Crippen MR) is 106 cm³/mol. The highest BCUT2D eigenvalue weighted by Crippen LogP contribution is 2.27. The van der Waals surface area contributed by atoms with Gasteiger partial charge in [-0.3, -0.25) is 4.79 Å². The van der Waals surface area contributed by atoms with Gasteiger partial charge in [0.1, 0.15) is 0 Å². The summed E-state index contributed by atoms with van der Waals surface area (Å²) in [7, 11) is -1.52. The Bertz CT molecular complexity index is 1090. The lowest BCUT2D eigenvalue weighted by atomic mass is 10.2. The van der Waals surface area contributed by atoms with Crippen molar-refractivity contribution in [1.29, 1.82) is 0 Å². The largest absolute Gasteiger partial charge is 0.329 e. The summed E-state index contributed by atoms with van der Waals surface area (Å²) in [5.74, 6) is -0.477. The standard InChI is InChI=1S/C18H16ClN3O3S2/c1-22-10-9-20-18(22)26-13-5-3-12(4-6-13)21-17(23)15-11-14(27(2,24)25)7-8-16(15)19/h3-11H,1-2H3,(H,21,23). The van der Waals surface area contributed by atoms with Gasteiger partial charge in [0.2, 0.25) is 0 Å². The molecule has 3 aromatic rings. The maximum absolute atomic E-state index is 12.5. The van der Waals surface area contributed by atoms with Crippen LogP contribution in [0.2, 0.25) is 5.02 Å². The highest BCUT2D eigenvalue weighted by molar-refractivity contribution is 7.99. The molecule has 0 saturated carbocycles. The molecule has 0 saturated heterocycles. The maximum atomic E-state index is 12.5. The van der Waals surface area contributed by atoms with E-state index in [2.05, 4.69) is 10.3 Å². The van der Waals surface area contributed by atoms with Crippen molar-refractivity contribution in [2.75, 3.05) is 11.6 Å². The van der Waals surface area contributed by atoms with Gasteiger partial charge in [-0.1, -0.05) is 23.4 Å². The summed E-state index contributed by atoms with van der Waals surface area (Å²) in [6.07, 6.45) is 4.67. The molecule has 0 spiro atoms. The number of hydrogen-bond donors (Lipinski definition) is 1. The zero-order chi connectivity index (χ0) is 19.6. The van der Waals surface area contributed by atoms with Crippen LogP contribution in [0, 0.1) is 0 Å². The van der Waals surface area contributed by atoms with E-state index in [0.29, 0.717) is 5.69 Å². The van der Waals surface area contributed by atoms with E-state index in [1.807, 2.05) is 29.9 Å². The smallest absolute Gasteiger partial charge is 0.257 e. The monoisotopic (exact) mass is 421 g/mol. The van der Waals surface area contributed by atoms with Crippen LogP contribution < -0.4 is 5.32 Å². The lowest BCUT2D eigenvalue weighted by Crippen LogP contribution is -2.13. The summed E-state index contributed by atoms with van der Waals surface area (Å²) < 4.78 is 25.3. The summed E-state index contributed by atoms with van der Waals surface area (Å²) in [6.45, 7) is 0. The van der Waals surface area contributed by atoms with E-state index in [-0.39, 0.29) is 15.5 Å². The summed E-state index contributed by atoms with van der Waals surface area (Å²) >= 11 is 7.56. The Balaban J connectivity index is 1.76. The highest BCUT2D eigenvalue weighted by atomic mass is 35.5. The van der Waals surface area contributed by atoms with Crippen molar-refractivity contribution in [3.63, 3.8) is 0 Å². The first-order valence-electron chi connectivity index (χ1n) is 7.80. The fourth-order valence-electron chi connectivity index (χ4n) is 2.27. The van der Waals surface area contributed by atoms with Crippen molar-refractivity contribution >= 4 is 44.8 Å².